The molecule has 0 saturated heterocycles. The van der Waals surface area contributed by atoms with Gasteiger partial charge in [-0.3, -0.25) is 0 Å². The Hall–Kier alpha value is -2.96. The van der Waals surface area contributed by atoms with Crippen molar-refractivity contribution < 1.29 is 17.9 Å². The molecular weight excluding hydrogens is 379 g/mol. The Labute approximate surface area is 168 Å². The van der Waals surface area contributed by atoms with E-state index >= 15 is 0 Å². The smallest absolute Gasteiger partial charge is 0.387 e. The van der Waals surface area contributed by atoms with Crippen LogP contribution in [0.25, 0.3) is 0 Å². The lowest BCUT2D eigenvalue weighted by molar-refractivity contribution is -0.0498. The minimum absolute atomic E-state index is 0.0594. The van der Waals surface area contributed by atoms with Crippen LogP contribution in [0.1, 0.15) is 35.7 Å². The number of benzene rings is 2. The van der Waals surface area contributed by atoms with Crippen LogP contribution in [0.4, 0.5) is 13.2 Å². The van der Waals surface area contributed by atoms with E-state index in [4.69, 9.17) is 5.73 Å². The lowest BCUT2D eigenvalue weighted by atomic mass is 9.82. The monoisotopic (exact) mass is 403 g/mol. The van der Waals surface area contributed by atoms with Gasteiger partial charge < -0.3 is 15.4 Å². The highest BCUT2D eigenvalue weighted by atomic mass is 19.3. The van der Waals surface area contributed by atoms with E-state index in [0.29, 0.717) is 30.9 Å². The number of ether oxygens (including phenoxy) is 1. The summed E-state index contributed by atoms with van der Waals surface area (Å²) >= 11 is 0. The standard InChI is InChI=1S/C22H24F3N3O/c1-3-4-8-19(23)15-6-5-7-17(13-15)22(14-28(2)21(26)27-22)16-9-11-18(12-10-16)29-20(24)25/h3,5-7,9-13,19-20H,1,4,8,14H2,2H3,(H2,26,27). The minimum atomic E-state index is -2.89. The summed E-state index contributed by atoms with van der Waals surface area (Å²) in [5.74, 6) is 0.413. The van der Waals surface area contributed by atoms with Crippen LogP contribution in [0.5, 0.6) is 5.75 Å². The van der Waals surface area contributed by atoms with Crippen molar-refractivity contribution in [2.75, 3.05) is 13.6 Å². The molecule has 154 valence electrons. The van der Waals surface area contributed by atoms with Crippen LogP contribution in [0, 0.1) is 0 Å². The van der Waals surface area contributed by atoms with Crippen molar-refractivity contribution in [3.63, 3.8) is 0 Å². The second-order valence-electron chi connectivity index (χ2n) is 7.05. The summed E-state index contributed by atoms with van der Waals surface area (Å²) in [5.41, 5.74) is 7.29. The number of hydrogen-bond donors (Lipinski definition) is 1. The number of aliphatic imine (C=N–C) groups is 1. The van der Waals surface area contributed by atoms with Crippen LogP contribution in [0.2, 0.25) is 0 Å². The zero-order valence-electron chi connectivity index (χ0n) is 16.2. The molecule has 2 aromatic carbocycles. The molecule has 1 heterocycles. The van der Waals surface area contributed by atoms with Crippen LogP contribution < -0.4 is 10.5 Å². The second kappa shape index (κ2) is 8.59. The average molecular weight is 403 g/mol. The van der Waals surface area contributed by atoms with Crippen molar-refractivity contribution in [3.05, 3.63) is 77.9 Å². The average Bonchev–Trinajstić information content (AvgIpc) is 3.02. The van der Waals surface area contributed by atoms with Gasteiger partial charge >= 0.3 is 6.61 Å². The molecule has 7 heteroatoms. The molecule has 3 rings (SSSR count). The lowest BCUT2D eigenvalue weighted by Crippen LogP contribution is -2.34. The van der Waals surface area contributed by atoms with Gasteiger partial charge in [0.2, 0.25) is 0 Å². The van der Waals surface area contributed by atoms with Crippen molar-refractivity contribution in [2.45, 2.75) is 31.2 Å². The zero-order valence-corrected chi connectivity index (χ0v) is 16.2. The molecule has 4 nitrogen and oxygen atoms in total. The number of halogens is 3. The summed E-state index contributed by atoms with van der Waals surface area (Å²) in [6, 6.07) is 13.5. The number of allylic oxidation sites excluding steroid dienone is 1. The molecule has 0 radical (unpaired) electrons. The Morgan fingerprint density at radius 1 is 1.21 bits per heavy atom. The third-order valence-electron chi connectivity index (χ3n) is 5.07. The largest absolute Gasteiger partial charge is 0.435 e. The highest BCUT2D eigenvalue weighted by molar-refractivity contribution is 5.81. The Bertz CT molecular complexity index is 885. The number of nitrogens with two attached hydrogens (primary N) is 1. The summed E-state index contributed by atoms with van der Waals surface area (Å²) in [6.07, 6.45) is 1.51. The lowest BCUT2D eigenvalue weighted by Gasteiger charge is -2.29. The molecule has 0 bridgehead atoms. The summed E-state index contributed by atoms with van der Waals surface area (Å²) < 4.78 is 44.0. The van der Waals surface area contributed by atoms with Gasteiger partial charge in [0.1, 0.15) is 17.5 Å². The van der Waals surface area contributed by atoms with Crippen molar-refractivity contribution in [1.29, 1.82) is 0 Å². The molecule has 0 aromatic heterocycles. The molecule has 2 N–H and O–H groups in total. The molecule has 0 aliphatic carbocycles. The van der Waals surface area contributed by atoms with Crippen molar-refractivity contribution in [1.82, 2.24) is 4.90 Å². The summed E-state index contributed by atoms with van der Waals surface area (Å²) in [7, 11) is 1.82. The normalized spacial score (nSPS) is 19.9. The SMILES string of the molecule is C=CCCC(F)c1cccc(C2(c3ccc(OC(F)F)cc3)CN(C)C(N)=N2)c1. The van der Waals surface area contributed by atoms with Gasteiger partial charge in [-0.2, -0.15) is 8.78 Å². The van der Waals surface area contributed by atoms with Gasteiger partial charge in [0.05, 0.1) is 6.54 Å². The van der Waals surface area contributed by atoms with Gasteiger partial charge in [0.15, 0.2) is 5.96 Å². The number of hydrogen-bond acceptors (Lipinski definition) is 4. The van der Waals surface area contributed by atoms with Crippen LogP contribution in [-0.4, -0.2) is 31.1 Å². The van der Waals surface area contributed by atoms with Crippen LogP contribution in [0.15, 0.2) is 66.2 Å². The Kier molecular flexibility index (Phi) is 6.15. The molecule has 0 spiro atoms. The highest BCUT2D eigenvalue weighted by Gasteiger charge is 2.41. The highest BCUT2D eigenvalue weighted by Crippen LogP contribution is 2.40. The maximum Gasteiger partial charge on any atom is 0.387 e. The number of nitrogens with zero attached hydrogens (tertiary/aromatic N) is 2. The Morgan fingerprint density at radius 2 is 1.93 bits per heavy atom. The van der Waals surface area contributed by atoms with Gasteiger partial charge in [-0.1, -0.05) is 42.5 Å². The van der Waals surface area contributed by atoms with Crippen molar-refractivity contribution in [3.8, 4) is 5.75 Å². The van der Waals surface area contributed by atoms with Gasteiger partial charge in [0, 0.05) is 7.05 Å². The van der Waals surface area contributed by atoms with E-state index in [-0.39, 0.29) is 5.75 Å². The quantitative estimate of drug-likeness (QED) is 0.646. The first-order chi connectivity index (χ1) is 13.9. The molecule has 29 heavy (non-hydrogen) atoms. The molecule has 0 amide bonds. The first kappa shape index (κ1) is 20.8. The fourth-order valence-corrected chi connectivity index (χ4v) is 3.55. The molecular formula is C22H24F3N3O. The number of guanidine groups is 1. The summed E-state index contributed by atoms with van der Waals surface area (Å²) in [5, 5.41) is 0. The van der Waals surface area contributed by atoms with Crippen molar-refractivity contribution >= 4 is 5.96 Å². The molecule has 2 atom stereocenters. The van der Waals surface area contributed by atoms with Gasteiger partial charge in [-0.05, 0) is 41.7 Å². The van der Waals surface area contributed by atoms with Crippen molar-refractivity contribution in [2.24, 2.45) is 10.7 Å². The Morgan fingerprint density at radius 3 is 2.52 bits per heavy atom. The maximum absolute atomic E-state index is 14.6. The van der Waals surface area contributed by atoms with E-state index in [1.165, 1.54) is 12.1 Å². The van der Waals surface area contributed by atoms with E-state index in [1.807, 2.05) is 13.1 Å². The molecule has 0 fully saturated rings. The predicted octanol–water partition coefficient (Wildman–Crippen LogP) is 4.77. The van der Waals surface area contributed by atoms with E-state index < -0.39 is 18.3 Å². The first-order valence-electron chi connectivity index (χ1n) is 9.33. The fraction of sp³-hybridized carbons (Fsp3) is 0.318. The number of alkyl halides is 3. The van der Waals surface area contributed by atoms with E-state index in [1.54, 1.807) is 41.3 Å². The molecule has 2 unspecified atom stereocenters. The van der Waals surface area contributed by atoms with E-state index in [0.717, 1.165) is 11.1 Å². The zero-order chi connectivity index (χ0) is 21.0. The molecule has 0 saturated carbocycles. The number of likely N-dealkylation sites (N-methyl/N-ethyl adjacent to an activating group) is 1. The van der Waals surface area contributed by atoms with Crippen LogP contribution in [0.3, 0.4) is 0 Å². The third-order valence-corrected chi connectivity index (χ3v) is 5.07. The second-order valence-corrected chi connectivity index (χ2v) is 7.05. The molecule has 2 aromatic rings. The fourth-order valence-electron chi connectivity index (χ4n) is 3.55. The van der Waals surface area contributed by atoms with Crippen LogP contribution in [-0.2, 0) is 5.54 Å². The topological polar surface area (TPSA) is 50.9 Å². The molecule has 1 aliphatic rings. The van der Waals surface area contributed by atoms with Gasteiger partial charge in [-0.15, -0.1) is 6.58 Å². The predicted molar refractivity (Wildman–Crippen MR) is 108 cm³/mol. The maximum atomic E-state index is 14.6. The Balaban J connectivity index is 2.02. The molecule has 1 aliphatic heterocycles. The minimum Gasteiger partial charge on any atom is -0.435 e. The van der Waals surface area contributed by atoms with Gasteiger partial charge in [-0.25, -0.2) is 9.38 Å². The van der Waals surface area contributed by atoms with Gasteiger partial charge in [0.25, 0.3) is 0 Å². The van der Waals surface area contributed by atoms with E-state index in [9.17, 15) is 13.2 Å². The summed E-state index contributed by atoms with van der Waals surface area (Å²) in [6.45, 7) is 1.19. The summed E-state index contributed by atoms with van der Waals surface area (Å²) in [4.78, 5) is 6.49. The first-order valence-corrected chi connectivity index (χ1v) is 9.33. The third kappa shape index (κ3) is 4.39. The number of rotatable bonds is 8. The van der Waals surface area contributed by atoms with E-state index in [2.05, 4.69) is 16.3 Å². The van der Waals surface area contributed by atoms with Crippen LogP contribution >= 0.6 is 0 Å².